The highest BCUT2D eigenvalue weighted by Gasteiger charge is 2.50. The number of benzene rings is 3. The normalized spacial score (nSPS) is 15.8. The maximum Gasteiger partial charge on any atom is 0.173 e. The van der Waals surface area contributed by atoms with Gasteiger partial charge in [0.15, 0.2) is 5.78 Å². The lowest BCUT2D eigenvalue weighted by molar-refractivity contribution is 0.0687. The number of hydrogen-bond acceptors (Lipinski definition) is 5. The molecular weight excluding hydrogens is 440 g/mol. The van der Waals surface area contributed by atoms with E-state index in [1.807, 2.05) is 36.4 Å². The van der Waals surface area contributed by atoms with Crippen LogP contribution in [-0.2, 0) is 18.3 Å². The van der Waals surface area contributed by atoms with Crippen LogP contribution in [-0.4, -0.2) is 34.2 Å². The van der Waals surface area contributed by atoms with Crippen molar-refractivity contribution in [2.75, 3.05) is 28.4 Å². The molecule has 5 nitrogen and oxygen atoms in total. The van der Waals surface area contributed by atoms with Crippen molar-refractivity contribution in [2.45, 2.75) is 38.5 Å². The Labute approximate surface area is 208 Å². The van der Waals surface area contributed by atoms with Crippen molar-refractivity contribution in [2.24, 2.45) is 5.41 Å². The van der Waals surface area contributed by atoms with Crippen LogP contribution < -0.4 is 18.9 Å². The first kappa shape index (κ1) is 24.6. The summed E-state index contributed by atoms with van der Waals surface area (Å²) < 4.78 is 22.0. The lowest BCUT2D eigenvalue weighted by Gasteiger charge is -2.45. The number of Topliss-reactive ketones (excluding diaryl/α,β-unsaturated/α-hetero) is 1. The molecule has 0 N–H and O–H groups in total. The second kappa shape index (κ2) is 9.65. The minimum atomic E-state index is -0.651. The van der Waals surface area contributed by atoms with Crippen LogP contribution in [0.5, 0.6) is 23.0 Å². The monoisotopic (exact) mass is 474 g/mol. The Bertz CT molecular complexity index is 1140. The smallest absolute Gasteiger partial charge is 0.173 e. The molecule has 0 radical (unpaired) electrons. The third-order valence-electron chi connectivity index (χ3n) is 7.15. The van der Waals surface area contributed by atoms with Crippen molar-refractivity contribution in [3.63, 3.8) is 0 Å². The third-order valence-corrected chi connectivity index (χ3v) is 7.15. The van der Waals surface area contributed by atoms with Gasteiger partial charge in [0.05, 0.1) is 34.0 Å². The van der Waals surface area contributed by atoms with Crippen LogP contribution >= 0.6 is 0 Å². The summed E-state index contributed by atoms with van der Waals surface area (Å²) >= 11 is 0. The van der Waals surface area contributed by atoms with Gasteiger partial charge in [0, 0.05) is 11.5 Å². The Hall–Kier alpha value is -3.47. The van der Waals surface area contributed by atoms with Crippen molar-refractivity contribution in [3.8, 4) is 23.0 Å². The first-order valence-corrected chi connectivity index (χ1v) is 11.8. The average molecular weight is 475 g/mol. The van der Waals surface area contributed by atoms with E-state index in [4.69, 9.17) is 18.9 Å². The molecule has 0 spiro atoms. The van der Waals surface area contributed by atoms with Gasteiger partial charge in [-0.2, -0.15) is 0 Å². The van der Waals surface area contributed by atoms with Crippen LogP contribution in [0.3, 0.4) is 0 Å². The van der Waals surface area contributed by atoms with E-state index < -0.39 is 5.41 Å². The highest BCUT2D eigenvalue weighted by atomic mass is 16.5. The maximum atomic E-state index is 14.5. The highest BCUT2D eigenvalue weighted by molar-refractivity contribution is 6.06. The van der Waals surface area contributed by atoms with E-state index in [9.17, 15) is 4.79 Å². The highest BCUT2D eigenvalue weighted by Crippen LogP contribution is 2.52. The number of carbonyl (C=O) groups excluding carboxylic acids is 1. The molecule has 0 amide bonds. The van der Waals surface area contributed by atoms with Gasteiger partial charge in [-0.05, 0) is 71.7 Å². The molecule has 0 saturated heterocycles. The van der Waals surface area contributed by atoms with E-state index >= 15 is 0 Å². The molecule has 3 aromatic carbocycles. The second-order valence-electron chi connectivity index (χ2n) is 9.97. The fraction of sp³-hybridized carbons (Fsp3) is 0.367. The topological polar surface area (TPSA) is 54.0 Å². The van der Waals surface area contributed by atoms with Crippen molar-refractivity contribution in [1.29, 1.82) is 0 Å². The molecule has 1 aliphatic carbocycles. The second-order valence-corrected chi connectivity index (χ2v) is 9.97. The van der Waals surface area contributed by atoms with E-state index in [-0.39, 0.29) is 11.2 Å². The molecule has 0 heterocycles. The van der Waals surface area contributed by atoms with E-state index in [0.29, 0.717) is 36.3 Å². The van der Waals surface area contributed by atoms with Crippen LogP contribution in [0.15, 0.2) is 60.7 Å². The zero-order valence-electron chi connectivity index (χ0n) is 21.4. The maximum absolute atomic E-state index is 14.5. The number of ether oxygens (including phenoxy) is 4. The van der Waals surface area contributed by atoms with Gasteiger partial charge in [0.25, 0.3) is 0 Å². The summed E-state index contributed by atoms with van der Waals surface area (Å²) in [5.41, 5.74) is 2.90. The molecule has 0 bridgehead atoms. The van der Waals surface area contributed by atoms with E-state index in [1.165, 1.54) is 0 Å². The number of hydrogen-bond donors (Lipinski definition) is 0. The quantitative estimate of drug-likeness (QED) is 0.397. The van der Waals surface area contributed by atoms with Crippen LogP contribution in [0.1, 0.15) is 47.3 Å². The lowest BCUT2D eigenvalue weighted by atomic mass is 9.56. The summed E-state index contributed by atoms with van der Waals surface area (Å²) in [6.07, 6.45) is 1.92. The molecule has 4 rings (SSSR count). The lowest BCUT2D eigenvalue weighted by Crippen LogP contribution is -2.46. The molecule has 1 aliphatic rings. The van der Waals surface area contributed by atoms with E-state index in [1.54, 1.807) is 28.4 Å². The van der Waals surface area contributed by atoms with E-state index in [2.05, 4.69) is 38.1 Å². The fourth-order valence-electron chi connectivity index (χ4n) is 5.54. The van der Waals surface area contributed by atoms with Crippen LogP contribution in [0.2, 0.25) is 0 Å². The summed E-state index contributed by atoms with van der Waals surface area (Å²) in [4.78, 5) is 14.5. The van der Waals surface area contributed by atoms with Gasteiger partial charge in [-0.3, -0.25) is 4.79 Å². The predicted octanol–water partition coefficient (Wildman–Crippen LogP) is 6.06. The summed E-state index contributed by atoms with van der Waals surface area (Å²) in [7, 11) is 6.56. The molecule has 0 aromatic heterocycles. The SMILES string of the molecule is COc1ccc(CC2(Cc3ccc(OC)cc3)CC(C)(C)c3cc(OC)cc(OC)c3C2=O)cc1. The molecule has 0 unspecified atom stereocenters. The summed E-state index contributed by atoms with van der Waals surface area (Å²) in [6, 6.07) is 19.8. The molecule has 0 aliphatic heterocycles. The van der Waals surface area contributed by atoms with E-state index in [0.717, 1.165) is 28.2 Å². The first-order valence-electron chi connectivity index (χ1n) is 11.8. The Morgan fingerprint density at radius 3 is 1.60 bits per heavy atom. The minimum absolute atomic E-state index is 0.109. The standard InChI is InChI=1S/C30H34O5/c1-29(2)19-30(17-20-7-11-22(32-3)12-8-20,18-21-9-13-23(33-4)14-10-21)28(31)27-25(29)15-24(34-5)16-26(27)35-6/h7-16H,17-19H2,1-6H3. The van der Waals surface area contributed by atoms with Gasteiger partial charge in [-0.15, -0.1) is 0 Å². The van der Waals surface area contributed by atoms with Gasteiger partial charge >= 0.3 is 0 Å². The molecule has 184 valence electrons. The number of fused-ring (bicyclic) bond motifs is 1. The zero-order chi connectivity index (χ0) is 25.2. The molecule has 0 saturated carbocycles. The first-order chi connectivity index (χ1) is 16.7. The molecular formula is C30H34O5. The molecule has 35 heavy (non-hydrogen) atoms. The van der Waals surface area contributed by atoms with Gasteiger partial charge in [-0.25, -0.2) is 0 Å². The number of ketones is 1. The Morgan fingerprint density at radius 1 is 0.686 bits per heavy atom. The summed E-state index contributed by atoms with van der Waals surface area (Å²) in [5.74, 6) is 2.96. The Kier molecular flexibility index (Phi) is 6.79. The van der Waals surface area contributed by atoms with Crippen LogP contribution in [0.25, 0.3) is 0 Å². The molecule has 3 aromatic rings. The fourth-order valence-corrected chi connectivity index (χ4v) is 5.54. The number of carbonyl (C=O) groups is 1. The van der Waals surface area contributed by atoms with Crippen molar-refractivity contribution < 1.29 is 23.7 Å². The van der Waals surface area contributed by atoms with Crippen LogP contribution in [0.4, 0.5) is 0 Å². The van der Waals surface area contributed by atoms with Crippen LogP contribution in [0, 0.1) is 5.41 Å². The zero-order valence-corrected chi connectivity index (χ0v) is 21.4. The molecule has 0 fully saturated rings. The average Bonchev–Trinajstić information content (AvgIpc) is 2.87. The summed E-state index contributed by atoms with van der Waals surface area (Å²) in [6.45, 7) is 4.40. The van der Waals surface area contributed by atoms with Crippen molar-refractivity contribution in [3.05, 3.63) is 82.9 Å². The third kappa shape index (κ3) is 4.72. The molecule has 0 atom stereocenters. The number of rotatable bonds is 8. The summed E-state index contributed by atoms with van der Waals surface area (Å²) in [5, 5.41) is 0. The number of methoxy groups -OCH3 is 4. The van der Waals surface area contributed by atoms with Crippen molar-refractivity contribution >= 4 is 5.78 Å². The largest absolute Gasteiger partial charge is 0.497 e. The van der Waals surface area contributed by atoms with Gasteiger partial charge < -0.3 is 18.9 Å². The predicted molar refractivity (Wildman–Crippen MR) is 137 cm³/mol. The van der Waals surface area contributed by atoms with Gasteiger partial charge in [0.1, 0.15) is 23.0 Å². The van der Waals surface area contributed by atoms with Crippen molar-refractivity contribution in [1.82, 2.24) is 0 Å². The van der Waals surface area contributed by atoms with Gasteiger partial charge in [-0.1, -0.05) is 38.1 Å². The molecule has 5 heteroatoms. The Morgan fingerprint density at radius 2 is 1.17 bits per heavy atom. The Balaban J connectivity index is 1.86. The van der Waals surface area contributed by atoms with Gasteiger partial charge in [0.2, 0.25) is 0 Å². The minimum Gasteiger partial charge on any atom is -0.497 e.